The first-order valence-corrected chi connectivity index (χ1v) is 5.55. The van der Waals surface area contributed by atoms with Gasteiger partial charge >= 0.3 is 5.63 Å². The van der Waals surface area contributed by atoms with E-state index in [1.54, 1.807) is 18.2 Å². The van der Waals surface area contributed by atoms with Gasteiger partial charge in [-0.25, -0.2) is 4.79 Å². The fourth-order valence-electron chi connectivity index (χ4n) is 1.47. The summed E-state index contributed by atoms with van der Waals surface area (Å²) in [5.41, 5.74) is -0.0419. The molecule has 0 spiro atoms. The molecule has 2 aromatic rings. The Balaban J connectivity index is 2.44. The van der Waals surface area contributed by atoms with Crippen LogP contribution in [-0.4, -0.2) is 18.3 Å². The zero-order valence-electron chi connectivity index (χ0n) is 8.98. The minimum Gasteiger partial charge on any atom is -0.492 e. The lowest BCUT2D eigenvalue weighted by Crippen LogP contribution is -2.04. The SMILES string of the molecule is O=c1cc(OCCCO)c2cc(Cl)ccc2o1. The van der Waals surface area contributed by atoms with Crippen molar-refractivity contribution in [1.29, 1.82) is 0 Å². The zero-order valence-corrected chi connectivity index (χ0v) is 9.74. The predicted molar refractivity (Wildman–Crippen MR) is 64.7 cm³/mol. The van der Waals surface area contributed by atoms with E-state index >= 15 is 0 Å². The second-order valence-corrected chi connectivity index (χ2v) is 3.93. The second kappa shape index (κ2) is 5.21. The van der Waals surface area contributed by atoms with E-state index in [2.05, 4.69) is 0 Å². The summed E-state index contributed by atoms with van der Waals surface area (Å²) in [7, 11) is 0. The molecule has 90 valence electrons. The molecule has 0 unspecified atom stereocenters. The van der Waals surface area contributed by atoms with Crippen LogP contribution >= 0.6 is 11.6 Å². The maximum atomic E-state index is 11.3. The highest BCUT2D eigenvalue weighted by molar-refractivity contribution is 6.31. The molecule has 0 aliphatic heterocycles. The third-order valence-electron chi connectivity index (χ3n) is 2.23. The third-order valence-corrected chi connectivity index (χ3v) is 2.46. The molecule has 1 heterocycles. The van der Waals surface area contributed by atoms with E-state index in [1.807, 2.05) is 0 Å². The molecule has 0 aliphatic carbocycles. The van der Waals surface area contributed by atoms with Gasteiger partial charge < -0.3 is 14.3 Å². The highest BCUT2D eigenvalue weighted by Crippen LogP contribution is 2.26. The standard InChI is InChI=1S/C12H11ClO4/c13-8-2-3-10-9(6-8)11(7-12(15)17-10)16-5-1-4-14/h2-3,6-7,14H,1,4-5H2. The summed E-state index contributed by atoms with van der Waals surface area (Å²) in [6.07, 6.45) is 0.502. The molecule has 0 fully saturated rings. The van der Waals surface area contributed by atoms with Gasteiger partial charge in [0.15, 0.2) is 0 Å². The smallest absolute Gasteiger partial charge is 0.339 e. The third kappa shape index (κ3) is 2.78. The van der Waals surface area contributed by atoms with Crippen LogP contribution in [0.4, 0.5) is 0 Å². The molecule has 1 aromatic heterocycles. The second-order valence-electron chi connectivity index (χ2n) is 3.50. The van der Waals surface area contributed by atoms with Crippen LogP contribution in [0.5, 0.6) is 5.75 Å². The van der Waals surface area contributed by atoms with Crippen LogP contribution in [0, 0.1) is 0 Å². The number of aliphatic hydroxyl groups excluding tert-OH is 1. The Hall–Kier alpha value is -1.52. The van der Waals surface area contributed by atoms with E-state index in [-0.39, 0.29) is 6.61 Å². The summed E-state index contributed by atoms with van der Waals surface area (Å²) in [6.45, 7) is 0.377. The molecule has 0 amide bonds. The number of rotatable bonds is 4. The van der Waals surface area contributed by atoms with E-state index < -0.39 is 5.63 Å². The monoisotopic (exact) mass is 254 g/mol. The number of halogens is 1. The summed E-state index contributed by atoms with van der Waals surface area (Å²) in [6, 6.07) is 6.21. The summed E-state index contributed by atoms with van der Waals surface area (Å²) in [5, 5.41) is 9.86. The average Bonchev–Trinajstić information content (AvgIpc) is 2.30. The van der Waals surface area contributed by atoms with E-state index in [9.17, 15) is 4.79 Å². The van der Waals surface area contributed by atoms with Gasteiger partial charge in [-0.2, -0.15) is 0 Å². The molecule has 0 atom stereocenters. The zero-order chi connectivity index (χ0) is 12.3. The molecular formula is C12H11ClO4. The van der Waals surface area contributed by atoms with Gasteiger partial charge in [0.05, 0.1) is 18.1 Å². The molecule has 0 bridgehead atoms. The Labute approximate surface area is 102 Å². The Morgan fingerprint density at radius 3 is 2.94 bits per heavy atom. The van der Waals surface area contributed by atoms with Crippen LogP contribution in [0.3, 0.4) is 0 Å². The van der Waals surface area contributed by atoms with Crippen LogP contribution in [0.15, 0.2) is 33.5 Å². The first-order valence-electron chi connectivity index (χ1n) is 5.18. The van der Waals surface area contributed by atoms with Crippen LogP contribution in [0.2, 0.25) is 5.02 Å². The summed E-state index contributed by atoms with van der Waals surface area (Å²) in [5.74, 6) is 0.423. The topological polar surface area (TPSA) is 59.7 Å². The number of benzene rings is 1. The number of hydrogen-bond acceptors (Lipinski definition) is 4. The Morgan fingerprint density at radius 1 is 1.35 bits per heavy atom. The van der Waals surface area contributed by atoms with Gasteiger partial charge in [0.1, 0.15) is 11.3 Å². The lowest BCUT2D eigenvalue weighted by atomic mass is 10.2. The number of aliphatic hydroxyl groups is 1. The van der Waals surface area contributed by atoms with Crippen LogP contribution in [0.1, 0.15) is 6.42 Å². The van der Waals surface area contributed by atoms with Crippen LogP contribution in [-0.2, 0) is 0 Å². The molecule has 0 saturated heterocycles. The minimum absolute atomic E-state index is 0.0418. The maximum Gasteiger partial charge on any atom is 0.339 e. The van der Waals surface area contributed by atoms with Gasteiger partial charge in [-0.05, 0) is 18.2 Å². The molecule has 1 aromatic carbocycles. The quantitative estimate of drug-likeness (QED) is 0.671. The van der Waals surface area contributed by atoms with Gasteiger partial charge in [0.25, 0.3) is 0 Å². The molecule has 17 heavy (non-hydrogen) atoms. The van der Waals surface area contributed by atoms with E-state index in [4.69, 9.17) is 25.9 Å². The van der Waals surface area contributed by atoms with Crippen LogP contribution < -0.4 is 10.4 Å². The van der Waals surface area contributed by atoms with E-state index in [0.717, 1.165) is 0 Å². The van der Waals surface area contributed by atoms with Crippen molar-refractivity contribution in [3.63, 3.8) is 0 Å². The lowest BCUT2D eigenvalue weighted by Gasteiger charge is -2.07. The largest absolute Gasteiger partial charge is 0.492 e. The van der Waals surface area contributed by atoms with E-state index in [0.29, 0.717) is 34.8 Å². The number of fused-ring (bicyclic) bond motifs is 1. The minimum atomic E-state index is -0.473. The fraction of sp³-hybridized carbons (Fsp3) is 0.250. The van der Waals surface area contributed by atoms with Gasteiger partial charge in [-0.1, -0.05) is 11.6 Å². The lowest BCUT2D eigenvalue weighted by molar-refractivity contribution is 0.234. The van der Waals surface area contributed by atoms with Crippen molar-refractivity contribution in [3.05, 3.63) is 39.7 Å². The number of hydrogen-bond donors (Lipinski definition) is 1. The van der Waals surface area contributed by atoms with Crippen molar-refractivity contribution in [1.82, 2.24) is 0 Å². The molecular weight excluding hydrogens is 244 g/mol. The van der Waals surface area contributed by atoms with Crippen molar-refractivity contribution >= 4 is 22.6 Å². The van der Waals surface area contributed by atoms with Crippen molar-refractivity contribution in [2.45, 2.75) is 6.42 Å². The molecule has 0 radical (unpaired) electrons. The summed E-state index contributed by atoms with van der Waals surface area (Å²) >= 11 is 5.88. The Kier molecular flexibility index (Phi) is 3.66. The van der Waals surface area contributed by atoms with Crippen molar-refractivity contribution < 1.29 is 14.3 Å². The summed E-state index contributed by atoms with van der Waals surface area (Å²) in [4.78, 5) is 11.3. The highest BCUT2D eigenvalue weighted by atomic mass is 35.5. The maximum absolute atomic E-state index is 11.3. The van der Waals surface area contributed by atoms with Gasteiger partial charge in [-0.3, -0.25) is 0 Å². The first-order chi connectivity index (χ1) is 8.20. The van der Waals surface area contributed by atoms with Crippen molar-refractivity contribution in [3.8, 4) is 5.75 Å². The molecule has 2 rings (SSSR count). The molecule has 5 heteroatoms. The fourth-order valence-corrected chi connectivity index (χ4v) is 1.64. The Morgan fingerprint density at radius 2 is 2.18 bits per heavy atom. The van der Waals surface area contributed by atoms with Gasteiger partial charge in [0.2, 0.25) is 0 Å². The summed E-state index contributed by atoms with van der Waals surface area (Å²) < 4.78 is 10.4. The predicted octanol–water partition coefficient (Wildman–Crippen LogP) is 2.21. The van der Waals surface area contributed by atoms with Crippen LogP contribution in [0.25, 0.3) is 11.0 Å². The van der Waals surface area contributed by atoms with Gasteiger partial charge in [0, 0.05) is 18.1 Å². The normalized spacial score (nSPS) is 10.7. The molecule has 1 N–H and O–H groups in total. The number of ether oxygens (including phenoxy) is 1. The molecule has 0 saturated carbocycles. The highest BCUT2D eigenvalue weighted by Gasteiger charge is 2.07. The molecule has 4 nitrogen and oxygen atoms in total. The Bertz CT molecular complexity index is 576. The van der Waals surface area contributed by atoms with Crippen molar-refractivity contribution in [2.75, 3.05) is 13.2 Å². The van der Waals surface area contributed by atoms with Crippen molar-refractivity contribution in [2.24, 2.45) is 0 Å². The first kappa shape index (κ1) is 12.0. The van der Waals surface area contributed by atoms with Gasteiger partial charge in [-0.15, -0.1) is 0 Å². The average molecular weight is 255 g/mol. The molecule has 0 aliphatic rings. The van der Waals surface area contributed by atoms with E-state index in [1.165, 1.54) is 6.07 Å².